The van der Waals surface area contributed by atoms with Crippen LogP contribution < -0.4 is 10.6 Å². The smallest absolute Gasteiger partial charge is 0.224 e. The molecule has 122 valence electrons. The van der Waals surface area contributed by atoms with Crippen molar-refractivity contribution in [2.24, 2.45) is 5.92 Å². The van der Waals surface area contributed by atoms with Gasteiger partial charge in [0.1, 0.15) is 5.82 Å². The van der Waals surface area contributed by atoms with E-state index >= 15 is 0 Å². The summed E-state index contributed by atoms with van der Waals surface area (Å²) >= 11 is 0. The highest BCUT2D eigenvalue weighted by Crippen LogP contribution is 2.21. The zero-order chi connectivity index (χ0) is 16.1. The van der Waals surface area contributed by atoms with Gasteiger partial charge in [0, 0.05) is 17.7 Å². The Bertz CT molecular complexity index is 661. The van der Waals surface area contributed by atoms with Crippen LogP contribution in [0.1, 0.15) is 31.5 Å². The number of aromatic nitrogens is 3. The third-order valence-corrected chi connectivity index (χ3v) is 4.24. The molecule has 0 unspecified atom stereocenters. The highest BCUT2D eigenvalue weighted by molar-refractivity contribution is 5.91. The molecule has 1 aliphatic heterocycles. The topological polar surface area (TPSA) is 82.7 Å². The summed E-state index contributed by atoms with van der Waals surface area (Å²) in [7, 11) is 0. The number of hydrogen-bond donors (Lipinski definition) is 3. The van der Waals surface area contributed by atoms with Gasteiger partial charge < -0.3 is 10.6 Å². The maximum Gasteiger partial charge on any atom is 0.224 e. The first kappa shape index (κ1) is 15.7. The number of hydrogen-bond acceptors (Lipinski definition) is 4. The number of amides is 1. The minimum Gasteiger partial charge on any atom is -0.326 e. The number of carbonyl (C=O) groups is 1. The van der Waals surface area contributed by atoms with E-state index in [9.17, 15) is 4.79 Å². The van der Waals surface area contributed by atoms with Gasteiger partial charge in [0.05, 0.1) is 0 Å². The lowest BCUT2D eigenvalue weighted by Crippen LogP contribution is -2.28. The summed E-state index contributed by atoms with van der Waals surface area (Å²) in [6, 6.07) is 7.65. The Morgan fingerprint density at radius 1 is 1.35 bits per heavy atom. The SMILES string of the molecule is Cc1nc(-c2cccc(NC(=O)CCC3CCNCC3)c2)n[nH]1. The maximum absolute atomic E-state index is 12.1. The summed E-state index contributed by atoms with van der Waals surface area (Å²) in [5.74, 6) is 2.17. The van der Waals surface area contributed by atoms with E-state index in [1.807, 2.05) is 31.2 Å². The molecular weight excluding hydrogens is 290 g/mol. The third-order valence-electron chi connectivity index (χ3n) is 4.24. The monoisotopic (exact) mass is 313 g/mol. The second-order valence-electron chi connectivity index (χ2n) is 6.11. The summed E-state index contributed by atoms with van der Waals surface area (Å²) in [6.45, 7) is 4.01. The van der Waals surface area contributed by atoms with Gasteiger partial charge in [-0.25, -0.2) is 4.98 Å². The Balaban J connectivity index is 1.56. The molecule has 1 aliphatic rings. The van der Waals surface area contributed by atoms with Gasteiger partial charge in [-0.05, 0) is 57.3 Å². The van der Waals surface area contributed by atoms with Crippen molar-refractivity contribution in [2.45, 2.75) is 32.6 Å². The van der Waals surface area contributed by atoms with Crippen molar-refractivity contribution in [2.75, 3.05) is 18.4 Å². The summed E-state index contributed by atoms with van der Waals surface area (Å²) in [5.41, 5.74) is 1.69. The minimum absolute atomic E-state index is 0.0758. The highest BCUT2D eigenvalue weighted by Gasteiger charge is 2.14. The Morgan fingerprint density at radius 2 is 2.17 bits per heavy atom. The van der Waals surface area contributed by atoms with Crippen LogP contribution in [0.4, 0.5) is 5.69 Å². The second kappa shape index (κ2) is 7.37. The standard InChI is InChI=1S/C17H23N5O/c1-12-19-17(22-21-12)14-3-2-4-15(11-14)20-16(23)6-5-13-7-9-18-10-8-13/h2-4,11,13,18H,5-10H2,1H3,(H,20,23)(H,19,21,22). The number of benzene rings is 1. The van der Waals surface area contributed by atoms with Gasteiger partial charge >= 0.3 is 0 Å². The lowest BCUT2D eigenvalue weighted by Gasteiger charge is -2.22. The second-order valence-corrected chi connectivity index (χ2v) is 6.11. The number of rotatable bonds is 5. The van der Waals surface area contributed by atoms with Crippen molar-refractivity contribution in [3.63, 3.8) is 0 Å². The lowest BCUT2D eigenvalue weighted by atomic mass is 9.93. The van der Waals surface area contributed by atoms with Crippen LogP contribution in [-0.4, -0.2) is 34.2 Å². The quantitative estimate of drug-likeness (QED) is 0.792. The van der Waals surface area contributed by atoms with Crippen molar-refractivity contribution in [3.05, 3.63) is 30.1 Å². The molecule has 0 aliphatic carbocycles. The fourth-order valence-electron chi connectivity index (χ4n) is 2.94. The number of aromatic amines is 1. The molecule has 0 atom stereocenters. The number of nitrogens with one attached hydrogen (secondary N) is 3. The van der Waals surface area contributed by atoms with Gasteiger partial charge in [-0.2, -0.15) is 5.10 Å². The van der Waals surface area contributed by atoms with Crippen LogP contribution in [-0.2, 0) is 4.79 Å². The van der Waals surface area contributed by atoms with Crippen LogP contribution in [0.15, 0.2) is 24.3 Å². The minimum atomic E-state index is 0.0758. The molecule has 1 fully saturated rings. The first-order chi connectivity index (χ1) is 11.2. The molecule has 1 saturated heterocycles. The molecular formula is C17H23N5O. The molecule has 3 rings (SSSR count). The van der Waals surface area contributed by atoms with Crippen LogP contribution in [0.5, 0.6) is 0 Å². The Morgan fingerprint density at radius 3 is 2.91 bits per heavy atom. The van der Waals surface area contributed by atoms with Gasteiger partial charge in [0.25, 0.3) is 0 Å². The molecule has 1 amide bonds. The van der Waals surface area contributed by atoms with E-state index in [4.69, 9.17) is 0 Å². The van der Waals surface area contributed by atoms with Crippen LogP contribution in [0.2, 0.25) is 0 Å². The Labute approximate surface area is 136 Å². The van der Waals surface area contributed by atoms with Gasteiger partial charge in [-0.3, -0.25) is 9.89 Å². The predicted molar refractivity (Wildman–Crippen MR) is 90.0 cm³/mol. The molecule has 3 N–H and O–H groups in total. The fraction of sp³-hybridized carbons (Fsp3) is 0.471. The van der Waals surface area contributed by atoms with E-state index < -0.39 is 0 Å². The summed E-state index contributed by atoms with van der Waals surface area (Å²) in [6.07, 6.45) is 3.89. The molecule has 6 heteroatoms. The van der Waals surface area contributed by atoms with Crippen LogP contribution in [0.3, 0.4) is 0 Å². The molecule has 0 saturated carbocycles. The van der Waals surface area contributed by atoms with E-state index in [1.54, 1.807) is 0 Å². The molecule has 1 aromatic heterocycles. The van der Waals surface area contributed by atoms with E-state index in [-0.39, 0.29) is 5.91 Å². The van der Waals surface area contributed by atoms with E-state index in [0.717, 1.165) is 36.6 Å². The van der Waals surface area contributed by atoms with Crippen LogP contribution in [0.25, 0.3) is 11.4 Å². The van der Waals surface area contributed by atoms with E-state index in [0.29, 0.717) is 18.2 Å². The number of anilines is 1. The molecule has 0 bridgehead atoms. The number of piperidine rings is 1. The normalized spacial score (nSPS) is 15.5. The van der Waals surface area contributed by atoms with E-state index in [2.05, 4.69) is 25.8 Å². The van der Waals surface area contributed by atoms with Crippen molar-refractivity contribution in [1.82, 2.24) is 20.5 Å². The summed E-state index contributed by atoms with van der Waals surface area (Å²) < 4.78 is 0. The van der Waals surface area contributed by atoms with Gasteiger partial charge in [-0.1, -0.05) is 12.1 Å². The maximum atomic E-state index is 12.1. The average Bonchev–Trinajstić information content (AvgIpc) is 3.01. The molecule has 1 aromatic carbocycles. The zero-order valence-corrected chi connectivity index (χ0v) is 13.4. The lowest BCUT2D eigenvalue weighted by molar-refractivity contribution is -0.116. The molecule has 23 heavy (non-hydrogen) atoms. The number of carbonyl (C=O) groups excluding carboxylic acids is 1. The first-order valence-corrected chi connectivity index (χ1v) is 8.21. The van der Waals surface area contributed by atoms with Crippen molar-refractivity contribution in [1.29, 1.82) is 0 Å². The van der Waals surface area contributed by atoms with Gasteiger partial charge in [-0.15, -0.1) is 0 Å². The number of aryl methyl sites for hydroxylation is 1. The molecule has 0 spiro atoms. The number of H-pyrrole nitrogens is 1. The largest absolute Gasteiger partial charge is 0.326 e. The number of nitrogens with zero attached hydrogens (tertiary/aromatic N) is 2. The molecule has 0 radical (unpaired) electrons. The molecule has 6 nitrogen and oxygen atoms in total. The Hall–Kier alpha value is -2.21. The average molecular weight is 313 g/mol. The van der Waals surface area contributed by atoms with Crippen molar-refractivity contribution in [3.8, 4) is 11.4 Å². The summed E-state index contributed by atoms with van der Waals surface area (Å²) in [5, 5.41) is 13.3. The summed E-state index contributed by atoms with van der Waals surface area (Å²) in [4.78, 5) is 16.5. The predicted octanol–water partition coefficient (Wildman–Crippen LogP) is 2.50. The van der Waals surface area contributed by atoms with Crippen molar-refractivity contribution < 1.29 is 4.79 Å². The third kappa shape index (κ3) is 4.39. The van der Waals surface area contributed by atoms with Crippen molar-refractivity contribution >= 4 is 11.6 Å². The fourth-order valence-corrected chi connectivity index (χ4v) is 2.94. The Kier molecular flexibility index (Phi) is 5.02. The molecule has 2 heterocycles. The molecule has 2 aromatic rings. The van der Waals surface area contributed by atoms with Gasteiger partial charge in [0.2, 0.25) is 5.91 Å². The first-order valence-electron chi connectivity index (χ1n) is 8.21. The van der Waals surface area contributed by atoms with E-state index in [1.165, 1.54) is 12.8 Å². The zero-order valence-electron chi connectivity index (χ0n) is 13.4. The highest BCUT2D eigenvalue weighted by atomic mass is 16.1. The van der Waals surface area contributed by atoms with Crippen LogP contribution >= 0.6 is 0 Å². The van der Waals surface area contributed by atoms with Crippen LogP contribution in [0, 0.1) is 12.8 Å². The van der Waals surface area contributed by atoms with Gasteiger partial charge in [0.15, 0.2) is 5.82 Å².